The monoisotopic (exact) mass is 429 g/mol. The zero-order chi connectivity index (χ0) is 20.5. The van der Waals surface area contributed by atoms with Gasteiger partial charge in [0.15, 0.2) is 0 Å². The molecule has 0 bridgehead atoms. The van der Waals surface area contributed by atoms with Crippen LogP contribution in [0.2, 0.25) is 0 Å². The molecule has 3 amide bonds. The van der Waals surface area contributed by atoms with Gasteiger partial charge in [-0.05, 0) is 48.7 Å². The van der Waals surface area contributed by atoms with Crippen LogP contribution >= 0.6 is 12.4 Å². The Labute approximate surface area is 181 Å². The van der Waals surface area contributed by atoms with Crippen LogP contribution in [-0.2, 0) is 6.54 Å². The van der Waals surface area contributed by atoms with E-state index in [-0.39, 0.29) is 36.7 Å². The Bertz CT molecular complexity index is 959. The summed E-state index contributed by atoms with van der Waals surface area (Å²) in [5.74, 6) is 0.0186. The molecule has 4 rings (SSSR count). The van der Waals surface area contributed by atoms with Crippen molar-refractivity contribution in [3.63, 3.8) is 0 Å². The number of ether oxygens (including phenoxy) is 1. The summed E-state index contributed by atoms with van der Waals surface area (Å²) in [5.41, 5.74) is 7.68. The number of likely N-dealkylation sites (tertiary alicyclic amines) is 1. The summed E-state index contributed by atoms with van der Waals surface area (Å²) in [6.07, 6.45) is 0.888. The van der Waals surface area contributed by atoms with Crippen LogP contribution in [0.3, 0.4) is 0 Å². The number of nitrogens with two attached hydrogens (primary N) is 1. The highest BCUT2D eigenvalue weighted by Crippen LogP contribution is 2.28. The van der Waals surface area contributed by atoms with E-state index < -0.39 is 0 Å². The number of imide groups is 1. The van der Waals surface area contributed by atoms with Crippen LogP contribution in [-0.4, -0.2) is 54.3 Å². The Balaban J connectivity index is 0.00000256. The molecule has 1 saturated heterocycles. The van der Waals surface area contributed by atoms with E-state index in [1.807, 2.05) is 0 Å². The van der Waals surface area contributed by atoms with Crippen LogP contribution in [0.5, 0.6) is 5.75 Å². The quantitative estimate of drug-likeness (QED) is 0.736. The van der Waals surface area contributed by atoms with Crippen LogP contribution in [0.1, 0.15) is 43.1 Å². The fourth-order valence-electron chi connectivity index (χ4n) is 3.97. The lowest BCUT2D eigenvalue weighted by Gasteiger charge is -2.20. The van der Waals surface area contributed by atoms with E-state index in [0.29, 0.717) is 53.6 Å². The van der Waals surface area contributed by atoms with Crippen molar-refractivity contribution >= 4 is 30.1 Å². The van der Waals surface area contributed by atoms with Crippen molar-refractivity contribution in [1.82, 2.24) is 9.80 Å². The Kier molecular flexibility index (Phi) is 6.43. The lowest BCUT2D eigenvalue weighted by molar-refractivity contribution is 0.0642. The summed E-state index contributed by atoms with van der Waals surface area (Å²) in [7, 11) is 1.52. The zero-order valence-electron chi connectivity index (χ0n) is 16.7. The molecular formula is C22H24ClN3O4. The van der Waals surface area contributed by atoms with Gasteiger partial charge in [0.1, 0.15) is 5.75 Å². The SMILES string of the molecule is COc1ccc(CN2C(=O)c3ccccc3C2=O)cc1C(=O)N1CCC(CN)C1.Cl. The van der Waals surface area contributed by atoms with Crippen molar-refractivity contribution in [2.75, 3.05) is 26.7 Å². The average molecular weight is 430 g/mol. The van der Waals surface area contributed by atoms with E-state index in [0.717, 1.165) is 6.42 Å². The first kappa shape index (κ1) is 21.8. The molecule has 1 atom stereocenters. The summed E-state index contributed by atoms with van der Waals surface area (Å²) in [4.78, 5) is 41.3. The van der Waals surface area contributed by atoms with Crippen LogP contribution in [0.15, 0.2) is 42.5 Å². The average Bonchev–Trinajstić information content (AvgIpc) is 3.33. The van der Waals surface area contributed by atoms with Gasteiger partial charge in [0.25, 0.3) is 17.7 Å². The molecule has 7 nitrogen and oxygen atoms in total. The number of carbonyl (C=O) groups is 3. The molecule has 30 heavy (non-hydrogen) atoms. The van der Waals surface area contributed by atoms with Gasteiger partial charge in [0.2, 0.25) is 0 Å². The fourth-order valence-corrected chi connectivity index (χ4v) is 3.97. The number of carbonyl (C=O) groups excluding carboxylic acids is 3. The maximum absolute atomic E-state index is 13.0. The molecule has 2 N–H and O–H groups in total. The minimum Gasteiger partial charge on any atom is -0.496 e. The van der Waals surface area contributed by atoms with Gasteiger partial charge in [0, 0.05) is 13.1 Å². The van der Waals surface area contributed by atoms with Crippen molar-refractivity contribution in [3.05, 3.63) is 64.7 Å². The van der Waals surface area contributed by atoms with E-state index >= 15 is 0 Å². The van der Waals surface area contributed by atoms with Gasteiger partial charge < -0.3 is 15.4 Å². The minimum absolute atomic E-state index is 0. The lowest BCUT2D eigenvalue weighted by atomic mass is 10.1. The molecule has 2 aliphatic heterocycles. The second-order valence-corrected chi connectivity index (χ2v) is 7.42. The molecule has 0 aromatic heterocycles. The number of nitrogens with zero attached hydrogens (tertiary/aromatic N) is 2. The maximum atomic E-state index is 13.0. The first-order valence-electron chi connectivity index (χ1n) is 9.65. The number of hydrogen-bond donors (Lipinski definition) is 1. The number of hydrogen-bond acceptors (Lipinski definition) is 5. The highest BCUT2D eigenvalue weighted by atomic mass is 35.5. The third-order valence-corrected chi connectivity index (χ3v) is 5.62. The van der Waals surface area contributed by atoms with Gasteiger partial charge in [-0.15, -0.1) is 12.4 Å². The zero-order valence-corrected chi connectivity index (χ0v) is 17.5. The van der Waals surface area contributed by atoms with Crippen LogP contribution in [0, 0.1) is 5.92 Å². The molecule has 8 heteroatoms. The van der Waals surface area contributed by atoms with E-state index in [1.165, 1.54) is 12.0 Å². The number of fused-ring (bicyclic) bond motifs is 1. The highest BCUT2D eigenvalue weighted by molar-refractivity contribution is 6.21. The summed E-state index contributed by atoms with van der Waals surface area (Å²) < 4.78 is 5.38. The smallest absolute Gasteiger partial charge is 0.261 e. The predicted octanol–water partition coefficient (Wildman–Crippen LogP) is 2.33. The van der Waals surface area contributed by atoms with Gasteiger partial charge >= 0.3 is 0 Å². The first-order chi connectivity index (χ1) is 14.0. The van der Waals surface area contributed by atoms with Crippen molar-refractivity contribution in [2.24, 2.45) is 11.7 Å². The van der Waals surface area contributed by atoms with E-state index in [1.54, 1.807) is 47.4 Å². The van der Waals surface area contributed by atoms with Gasteiger partial charge in [-0.25, -0.2) is 0 Å². The minimum atomic E-state index is -0.320. The highest BCUT2D eigenvalue weighted by Gasteiger charge is 2.35. The Morgan fingerprint density at radius 1 is 1.13 bits per heavy atom. The first-order valence-corrected chi connectivity index (χ1v) is 9.65. The van der Waals surface area contributed by atoms with Gasteiger partial charge in [0.05, 0.1) is 30.3 Å². The molecular weight excluding hydrogens is 406 g/mol. The summed E-state index contributed by atoms with van der Waals surface area (Å²) in [6, 6.07) is 12.0. The molecule has 158 valence electrons. The summed E-state index contributed by atoms with van der Waals surface area (Å²) in [6.45, 7) is 1.94. The number of halogens is 1. The molecule has 0 radical (unpaired) electrons. The molecule has 1 unspecified atom stereocenters. The normalized spacial score (nSPS) is 17.7. The fraction of sp³-hybridized carbons (Fsp3) is 0.318. The molecule has 2 heterocycles. The van der Waals surface area contributed by atoms with Crippen molar-refractivity contribution in [1.29, 1.82) is 0 Å². The lowest BCUT2D eigenvalue weighted by Crippen LogP contribution is -2.31. The number of rotatable bonds is 5. The second-order valence-electron chi connectivity index (χ2n) is 7.42. The largest absolute Gasteiger partial charge is 0.496 e. The molecule has 1 fully saturated rings. The molecule has 0 aliphatic carbocycles. The number of amides is 3. The molecule has 2 aromatic rings. The third kappa shape index (κ3) is 3.78. The second kappa shape index (κ2) is 8.85. The molecule has 0 saturated carbocycles. The van der Waals surface area contributed by atoms with E-state index in [4.69, 9.17) is 10.5 Å². The predicted molar refractivity (Wildman–Crippen MR) is 114 cm³/mol. The summed E-state index contributed by atoms with van der Waals surface area (Å²) in [5, 5.41) is 0. The maximum Gasteiger partial charge on any atom is 0.261 e. The molecule has 2 aromatic carbocycles. The van der Waals surface area contributed by atoms with Crippen LogP contribution in [0.25, 0.3) is 0 Å². The number of methoxy groups -OCH3 is 1. The standard InChI is InChI=1S/C22H23N3O4.ClH/c1-29-19-7-6-14(10-18(19)20(26)24-9-8-15(11-23)12-24)13-25-21(27)16-4-2-3-5-17(16)22(25)28;/h2-7,10,15H,8-9,11-13,23H2,1H3;1H. The Morgan fingerprint density at radius 2 is 1.80 bits per heavy atom. The molecule has 2 aliphatic rings. The van der Waals surface area contributed by atoms with Crippen LogP contribution in [0.4, 0.5) is 0 Å². The topological polar surface area (TPSA) is 92.9 Å². The van der Waals surface area contributed by atoms with E-state index in [2.05, 4.69) is 0 Å². The van der Waals surface area contributed by atoms with Gasteiger partial charge in [-0.1, -0.05) is 18.2 Å². The van der Waals surface area contributed by atoms with E-state index in [9.17, 15) is 14.4 Å². The van der Waals surface area contributed by atoms with Gasteiger partial charge in [-0.3, -0.25) is 19.3 Å². The Hall–Kier alpha value is -2.90. The summed E-state index contributed by atoms with van der Waals surface area (Å²) >= 11 is 0. The van der Waals surface area contributed by atoms with Crippen molar-refractivity contribution < 1.29 is 19.1 Å². The third-order valence-electron chi connectivity index (χ3n) is 5.62. The van der Waals surface area contributed by atoms with Gasteiger partial charge in [-0.2, -0.15) is 0 Å². The van der Waals surface area contributed by atoms with Crippen molar-refractivity contribution in [2.45, 2.75) is 13.0 Å². The molecule has 0 spiro atoms. The van der Waals surface area contributed by atoms with Crippen LogP contribution < -0.4 is 10.5 Å². The Morgan fingerprint density at radius 3 is 2.37 bits per heavy atom. The van der Waals surface area contributed by atoms with Crippen molar-refractivity contribution in [3.8, 4) is 5.75 Å². The number of benzene rings is 2.